The molecule has 0 bridgehead atoms. The van der Waals surface area contributed by atoms with E-state index in [4.69, 9.17) is 23.2 Å². The summed E-state index contributed by atoms with van der Waals surface area (Å²) in [6.45, 7) is 4.95. The Morgan fingerprint density at radius 2 is 1.94 bits per heavy atom. The van der Waals surface area contributed by atoms with Crippen LogP contribution in [0.5, 0.6) is 0 Å². The van der Waals surface area contributed by atoms with Gasteiger partial charge in [0.05, 0.1) is 5.69 Å². The van der Waals surface area contributed by atoms with E-state index in [9.17, 15) is 4.79 Å². The largest absolute Gasteiger partial charge is 0.335 e. The zero-order valence-electron chi connectivity index (χ0n) is 9.82. The Labute approximate surface area is 115 Å². The van der Waals surface area contributed by atoms with Crippen LogP contribution in [0.1, 0.15) is 35.1 Å². The van der Waals surface area contributed by atoms with E-state index in [1.807, 2.05) is 13.8 Å². The highest BCUT2D eigenvalue weighted by atomic mass is 35.5. The zero-order chi connectivity index (χ0) is 12.8. The Hall–Kier alpha value is -0.390. The SMILES string of the molecule is CC(C)c1nnsc1C(=O)N(CCCl)CCCl. The lowest BCUT2D eigenvalue weighted by molar-refractivity contribution is 0.0778. The van der Waals surface area contributed by atoms with Gasteiger partial charge in [0.1, 0.15) is 4.88 Å². The molecule has 0 N–H and O–H groups in total. The molecular weight excluding hydrogens is 281 g/mol. The maximum Gasteiger partial charge on any atom is 0.267 e. The minimum Gasteiger partial charge on any atom is -0.335 e. The molecule has 1 heterocycles. The van der Waals surface area contributed by atoms with Gasteiger partial charge in [-0.2, -0.15) is 0 Å². The number of rotatable bonds is 6. The first kappa shape index (κ1) is 14.7. The number of hydrogen-bond donors (Lipinski definition) is 0. The average molecular weight is 296 g/mol. The summed E-state index contributed by atoms with van der Waals surface area (Å²) in [5.41, 5.74) is 0.745. The summed E-state index contributed by atoms with van der Waals surface area (Å²) >= 11 is 12.5. The third-order valence-electron chi connectivity index (χ3n) is 2.25. The van der Waals surface area contributed by atoms with E-state index in [0.717, 1.165) is 17.2 Å². The Balaban J connectivity index is 2.88. The lowest BCUT2D eigenvalue weighted by Crippen LogP contribution is -2.34. The molecule has 0 unspecified atom stereocenters. The smallest absolute Gasteiger partial charge is 0.267 e. The van der Waals surface area contributed by atoms with Crippen LogP contribution in [0.15, 0.2) is 0 Å². The van der Waals surface area contributed by atoms with Gasteiger partial charge in [0, 0.05) is 24.8 Å². The van der Waals surface area contributed by atoms with Crippen molar-refractivity contribution in [1.82, 2.24) is 14.5 Å². The highest BCUT2D eigenvalue weighted by Crippen LogP contribution is 2.21. The molecule has 0 atom stereocenters. The Bertz CT molecular complexity index is 364. The molecule has 0 aliphatic carbocycles. The monoisotopic (exact) mass is 295 g/mol. The summed E-state index contributed by atoms with van der Waals surface area (Å²) in [5, 5.41) is 3.99. The van der Waals surface area contributed by atoms with Crippen molar-refractivity contribution in [3.8, 4) is 0 Å². The molecule has 0 saturated carbocycles. The summed E-state index contributed by atoms with van der Waals surface area (Å²) in [5.74, 6) is 0.893. The summed E-state index contributed by atoms with van der Waals surface area (Å²) < 4.78 is 3.85. The van der Waals surface area contributed by atoms with Crippen LogP contribution in [0, 0.1) is 0 Å². The van der Waals surface area contributed by atoms with Gasteiger partial charge in [-0.3, -0.25) is 4.79 Å². The van der Waals surface area contributed by atoms with Crippen LogP contribution in [0.2, 0.25) is 0 Å². The normalized spacial score (nSPS) is 10.9. The third-order valence-corrected chi connectivity index (χ3v) is 3.32. The minimum absolute atomic E-state index is 0.0787. The second-order valence-electron chi connectivity index (χ2n) is 3.81. The summed E-state index contributed by atoms with van der Waals surface area (Å²) in [6, 6.07) is 0. The van der Waals surface area contributed by atoms with Crippen molar-refractivity contribution in [2.75, 3.05) is 24.8 Å². The molecule has 0 spiro atoms. The molecule has 0 saturated heterocycles. The molecular formula is C10H15Cl2N3OS. The molecule has 4 nitrogen and oxygen atoms in total. The maximum atomic E-state index is 12.3. The van der Waals surface area contributed by atoms with E-state index in [1.54, 1.807) is 4.90 Å². The number of carbonyl (C=O) groups excluding carboxylic acids is 1. The molecule has 7 heteroatoms. The van der Waals surface area contributed by atoms with Crippen molar-refractivity contribution >= 4 is 40.6 Å². The number of halogens is 2. The first-order valence-corrected chi connectivity index (χ1v) is 7.19. The molecule has 96 valence electrons. The number of nitrogens with zero attached hydrogens (tertiary/aromatic N) is 3. The Kier molecular flexibility index (Phi) is 6.16. The fourth-order valence-corrected chi connectivity index (χ4v) is 2.58. The van der Waals surface area contributed by atoms with Gasteiger partial charge in [-0.1, -0.05) is 18.3 Å². The van der Waals surface area contributed by atoms with Crippen molar-refractivity contribution in [3.63, 3.8) is 0 Å². The van der Waals surface area contributed by atoms with E-state index >= 15 is 0 Å². The molecule has 1 amide bonds. The highest BCUT2D eigenvalue weighted by Gasteiger charge is 2.23. The van der Waals surface area contributed by atoms with E-state index < -0.39 is 0 Å². The Morgan fingerprint density at radius 1 is 1.35 bits per heavy atom. The van der Waals surface area contributed by atoms with Crippen molar-refractivity contribution in [2.45, 2.75) is 19.8 Å². The molecule has 0 aromatic carbocycles. The van der Waals surface area contributed by atoms with Gasteiger partial charge in [0.25, 0.3) is 5.91 Å². The van der Waals surface area contributed by atoms with Gasteiger partial charge < -0.3 is 4.90 Å². The lowest BCUT2D eigenvalue weighted by atomic mass is 10.1. The first-order valence-electron chi connectivity index (χ1n) is 5.35. The van der Waals surface area contributed by atoms with E-state index in [2.05, 4.69) is 9.59 Å². The topological polar surface area (TPSA) is 46.1 Å². The number of aromatic nitrogens is 2. The molecule has 1 aromatic heterocycles. The number of alkyl halides is 2. The Morgan fingerprint density at radius 3 is 2.41 bits per heavy atom. The molecule has 1 rings (SSSR count). The van der Waals surface area contributed by atoms with Gasteiger partial charge in [-0.15, -0.1) is 28.3 Å². The van der Waals surface area contributed by atoms with E-state index in [0.29, 0.717) is 29.7 Å². The van der Waals surface area contributed by atoms with Gasteiger partial charge >= 0.3 is 0 Å². The van der Waals surface area contributed by atoms with Crippen LogP contribution in [0.4, 0.5) is 0 Å². The first-order chi connectivity index (χ1) is 8.11. The molecule has 0 aliphatic heterocycles. The van der Waals surface area contributed by atoms with Crippen LogP contribution in [-0.2, 0) is 0 Å². The molecule has 17 heavy (non-hydrogen) atoms. The van der Waals surface area contributed by atoms with Crippen molar-refractivity contribution in [3.05, 3.63) is 10.6 Å². The van der Waals surface area contributed by atoms with Gasteiger partial charge in [-0.25, -0.2) is 0 Å². The highest BCUT2D eigenvalue weighted by molar-refractivity contribution is 7.08. The van der Waals surface area contributed by atoms with Crippen molar-refractivity contribution in [1.29, 1.82) is 0 Å². The predicted molar refractivity (Wildman–Crippen MR) is 71.3 cm³/mol. The lowest BCUT2D eigenvalue weighted by Gasteiger charge is -2.20. The van der Waals surface area contributed by atoms with Crippen LogP contribution in [0.25, 0.3) is 0 Å². The minimum atomic E-state index is -0.0787. The molecule has 0 radical (unpaired) electrons. The zero-order valence-corrected chi connectivity index (χ0v) is 12.1. The van der Waals surface area contributed by atoms with E-state index in [-0.39, 0.29) is 11.8 Å². The fraction of sp³-hybridized carbons (Fsp3) is 0.700. The second-order valence-corrected chi connectivity index (χ2v) is 5.32. The molecule has 0 fully saturated rings. The van der Waals surface area contributed by atoms with Gasteiger partial charge in [0.2, 0.25) is 0 Å². The van der Waals surface area contributed by atoms with Gasteiger partial charge in [-0.05, 0) is 17.5 Å². The number of amides is 1. The van der Waals surface area contributed by atoms with Crippen LogP contribution in [-0.4, -0.2) is 45.2 Å². The van der Waals surface area contributed by atoms with Crippen LogP contribution < -0.4 is 0 Å². The summed E-state index contributed by atoms with van der Waals surface area (Å²) in [4.78, 5) is 14.5. The second kappa shape index (κ2) is 7.13. The molecule has 1 aromatic rings. The van der Waals surface area contributed by atoms with Crippen molar-refractivity contribution in [2.24, 2.45) is 0 Å². The fourth-order valence-electron chi connectivity index (χ4n) is 1.39. The van der Waals surface area contributed by atoms with Gasteiger partial charge in [0.15, 0.2) is 0 Å². The maximum absolute atomic E-state index is 12.3. The standard InChI is InChI=1S/C10H15Cl2N3OS/c1-7(2)8-9(17-14-13-8)10(16)15(5-3-11)6-4-12/h7H,3-6H2,1-2H3. The van der Waals surface area contributed by atoms with Crippen molar-refractivity contribution < 1.29 is 4.79 Å². The molecule has 0 aliphatic rings. The van der Waals surface area contributed by atoms with E-state index in [1.165, 1.54) is 0 Å². The van der Waals surface area contributed by atoms with Crippen LogP contribution in [0.3, 0.4) is 0 Å². The average Bonchev–Trinajstić information content (AvgIpc) is 2.76. The van der Waals surface area contributed by atoms with Crippen LogP contribution >= 0.6 is 34.7 Å². The summed E-state index contributed by atoms with van der Waals surface area (Å²) in [7, 11) is 0. The number of hydrogen-bond acceptors (Lipinski definition) is 4. The quantitative estimate of drug-likeness (QED) is 0.758. The summed E-state index contributed by atoms with van der Waals surface area (Å²) in [6.07, 6.45) is 0. The third kappa shape index (κ3) is 3.79. The number of carbonyl (C=O) groups is 1. The predicted octanol–water partition coefficient (Wildman–Crippen LogP) is 2.58.